The van der Waals surface area contributed by atoms with Crippen molar-refractivity contribution in [1.29, 1.82) is 0 Å². The van der Waals surface area contributed by atoms with Gasteiger partial charge >= 0.3 is 0 Å². The smallest absolute Gasteiger partial charge is 0.0342 e. The van der Waals surface area contributed by atoms with Gasteiger partial charge in [-0.3, -0.25) is 0 Å². The minimum atomic E-state index is 1.08. The standard InChI is InChI=1S/C13H10S/c1-2-4-11-6-8-12(9-7-11)13-5-3-10-14-13/h3,5-10H,1H3. The van der Waals surface area contributed by atoms with Crippen molar-refractivity contribution in [3.8, 4) is 22.3 Å². The largest absolute Gasteiger partial charge is 0.144 e. The highest BCUT2D eigenvalue weighted by Crippen LogP contribution is 2.24. The van der Waals surface area contributed by atoms with Crippen LogP contribution in [-0.2, 0) is 0 Å². The lowest BCUT2D eigenvalue weighted by Crippen LogP contribution is -1.75. The lowest BCUT2D eigenvalue weighted by Gasteiger charge is -1.96. The van der Waals surface area contributed by atoms with Crippen molar-refractivity contribution in [2.45, 2.75) is 6.92 Å². The SMILES string of the molecule is CC#Cc1ccc(-c2cccs2)cc1. The third-order valence-corrected chi connectivity index (χ3v) is 2.88. The van der Waals surface area contributed by atoms with Crippen molar-refractivity contribution < 1.29 is 0 Å². The number of thiophene rings is 1. The zero-order chi connectivity index (χ0) is 9.80. The highest BCUT2D eigenvalue weighted by atomic mass is 32.1. The average Bonchev–Trinajstić information content (AvgIpc) is 2.72. The van der Waals surface area contributed by atoms with Crippen molar-refractivity contribution in [3.63, 3.8) is 0 Å². The van der Waals surface area contributed by atoms with Crippen LogP contribution in [0.15, 0.2) is 41.8 Å². The van der Waals surface area contributed by atoms with Gasteiger partial charge in [0.1, 0.15) is 0 Å². The molecule has 0 aliphatic rings. The molecule has 0 aliphatic heterocycles. The van der Waals surface area contributed by atoms with Gasteiger partial charge in [0.15, 0.2) is 0 Å². The van der Waals surface area contributed by atoms with Gasteiger partial charge in [-0.25, -0.2) is 0 Å². The Morgan fingerprint density at radius 3 is 2.43 bits per heavy atom. The molecule has 0 saturated carbocycles. The highest BCUT2D eigenvalue weighted by Gasteiger charge is 1.96. The van der Waals surface area contributed by atoms with E-state index < -0.39 is 0 Å². The fourth-order valence-electron chi connectivity index (χ4n) is 1.30. The van der Waals surface area contributed by atoms with Crippen molar-refractivity contribution in [2.75, 3.05) is 0 Å². The van der Waals surface area contributed by atoms with Crippen LogP contribution in [0.5, 0.6) is 0 Å². The van der Waals surface area contributed by atoms with E-state index in [1.54, 1.807) is 11.3 Å². The monoisotopic (exact) mass is 198 g/mol. The molecular formula is C13H10S. The maximum absolute atomic E-state index is 3.03. The van der Waals surface area contributed by atoms with E-state index in [1.807, 2.05) is 6.92 Å². The summed E-state index contributed by atoms with van der Waals surface area (Å²) in [5.41, 5.74) is 2.34. The van der Waals surface area contributed by atoms with Crippen LogP contribution in [0, 0.1) is 11.8 Å². The van der Waals surface area contributed by atoms with Gasteiger partial charge in [-0.15, -0.1) is 17.3 Å². The van der Waals surface area contributed by atoms with Gasteiger partial charge in [0.25, 0.3) is 0 Å². The molecule has 0 amide bonds. The summed E-state index contributed by atoms with van der Waals surface area (Å²) in [5, 5.41) is 2.09. The molecule has 0 atom stereocenters. The van der Waals surface area contributed by atoms with Crippen LogP contribution < -0.4 is 0 Å². The topological polar surface area (TPSA) is 0 Å². The first-order chi connectivity index (χ1) is 6.90. The van der Waals surface area contributed by atoms with Gasteiger partial charge in [0, 0.05) is 10.4 Å². The van der Waals surface area contributed by atoms with Crippen LogP contribution in [0.25, 0.3) is 10.4 Å². The predicted molar refractivity (Wildman–Crippen MR) is 62.3 cm³/mol. The third kappa shape index (κ3) is 1.86. The molecule has 1 aromatic carbocycles. The van der Waals surface area contributed by atoms with E-state index in [1.165, 1.54) is 10.4 Å². The number of benzene rings is 1. The molecular weight excluding hydrogens is 188 g/mol. The molecule has 1 heterocycles. The normalized spacial score (nSPS) is 9.21. The van der Waals surface area contributed by atoms with Crippen LogP contribution >= 0.6 is 11.3 Å². The van der Waals surface area contributed by atoms with Gasteiger partial charge in [-0.2, -0.15) is 0 Å². The second-order valence-electron chi connectivity index (χ2n) is 2.93. The molecule has 2 aromatic rings. The van der Waals surface area contributed by atoms with Crippen LogP contribution in [0.4, 0.5) is 0 Å². The van der Waals surface area contributed by atoms with E-state index >= 15 is 0 Å². The molecule has 0 fully saturated rings. The van der Waals surface area contributed by atoms with E-state index in [9.17, 15) is 0 Å². The van der Waals surface area contributed by atoms with E-state index in [-0.39, 0.29) is 0 Å². The second kappa shape index (κ2) is 4.13. The molecule has 1 heteroatoms. The Labute approximate surface area is 88.2 Å². The van der Waals surface area contributed by atoms with E-state index in [4.69, 9.17) is 0 Å². The first kappa shape index (κ1) is 9.05. The van der Waals surface area contributed by atoms with Gasteiger partial charge in [0.2, 0.25) is 0 Å². The molecule has 2 rings (SSSR count). The van der Waals surface area contributed by atoms with Crippen LogP contribution in [0.3, 0.4) is 0 Å². The summed E-state index contributed by atoms with van der Waals surface area (Å²) in [6, 6.07) is 12.6. The second-order valence-corrected chi connectivity index (χ2v) is 3.88. The lowest BCUT2D eigenvalue weighted by molar-refractivity contribution is 1.64. The first-order valence-electron chi connectivity index (χ1n) is 4.47. The molecule has 68 valence electrons. The molecule has 0 aliphatic carbocycles. The lowest BCUT2D eigenvalue weighted by atomic mass is 10.1. The minimum Gasteiger partial charge on any atom is -0.144 e. The summed E-state index contributed by atoms with van der Waals surface area (Å²) in [4.78, 5) is 1.31. The molecule has 0 bridgehead atoms. The zero-order valence-electron chi connectivity index (χ0n) is 7.95. The van der Waals surface area contributed by atoms with Gasteiger partial charge in [-0.05, 0) is 36.1 Å². The average molecular weight is 198 g/mol. The summed E-state index contributed by atoms with van der Waals surface area (Å²) in [6.07, 6.45) is 0. The maximum Gasteiger partial charge on any atom is 0.0342 e. The molecule has 0 saturated heterocycles. The summed E-state index contributed by atoms with van der Waals surface area (Å²) < 4.78 is 0. The van der Waals surface area contributed by atoms with E-state index in [0.29, 0.717) is 0 Å². The van der Waals surface area contributed by atoms with Crippen molar-refractivity contribution in [2.24, 2.45) is 0 Å². The Kier molecular flexibility index (Phi) is 2.67. The molecule has 0 radical (unpaired) electrons. The van der Waals surface area contributed by atoms with Gasteiger partial charge in [0.05, 0.1) is 0 Å². The molecule has 0 spiro atoms. The van der Waals surface area contributed by atoms with Crippen molar-refractivity contribution >= 4 is 11.3 Å². The molecule has 0 unspecified atom stereocenters. The van der Waals surface area contributed by atoms with E-state index in [0.717, 1.165) is 5.56 Å². The number of hydrogen-bond donors (Lipinski definition) is 0. The summed E-state index contributed by atoms with van der Waals surface area (Å²) in [6.45, 7) is 1.85. The quantitative estimate of drug-likeness (QED) is 0.612. The summed E-state index contributed by atoms with van der Waals surface area (Å²) >= 11 is 1.76. The Hall–Kier alpha value is -1.52. The predicted octanol–water partition coefficient (Wildman–Crippen LogP) is 3.79. The molecule has 0 N–H and O–H groups in total. The van der Waals surface area contributed by atoms with Gasteiger partial charge in [-0.1, -0.05) is 24.1 Å². The zero-order valence-corrected chi connectivity index (χ0v) is 8.77. The first-order valence-corrected chi connectivity index (χ1v) is 5.35. The summed E-state index contributed by atoms with van der Waals surface area (Å²) in [5.74, 6) is 5.92. The Bertz CT molecular complexity index is 452. The summed E-state index contributed by atoms with van der Waals surface area (Å²) in [7, 11) is 0. The minimum absolute atomic E-state index is 1.08. The molecule has 14 heavy (non-hydrogen) atoms. The third-order valence-electron chi connectivity index (χ3n) is 1.96. The van der Waals surface area contributed by atoms with Crippen molar-refractivity contribution in [3.05, 3.63) is 47.3 Å². The maximum atomic E-state index is 3.03. The number of hydrogen-bond acceptors (Lipinski definition) is 1. The highest BCUT2D eigenvalue weighted by molar-refractivity contribution is 7.13. The van der Waals surface area contributed by atoms with Crippen LogP contribution in [-0.4, -0.2) is 0 Å². The van der Waals surface area contributed by atoms with Crippen molar-refractivity contribution in [1.82, 2.24) is 0 Å². The van der Waals surface area contributed by atoms with Crippen LogP contribution in [0.2, 0.25) is 0 Å². The number of rotatable bonds is 1. The fourth-order valence-corrected chi connectivity index (χ4v) is 2.04. The Morgan fingerprint density at radius 2 is 1.86 bits per heavy atom. The molecule has 0 nitrogen and oxygen atoms in total. The van der Waals surface area contributed by atoms with Gasteiger partial charge < -0.3 is 0 Å². The Balaban J connectivity index is 2.34. The van der Waals surface area contributed by atoms with E-state index in [2.05, 4.69) is 53.6 Å². The van der Waals surface area contributed by atoms with Crippen LogP contribution in [0.1, 0.15) is 12.5 Å². The fraction of sp³-hybridized carbons (Fsp3) is 0.0769. The Morgan fingerprint density at radius 1 is 1.07 bits per heavy atom. The molecule has 1 aromatic heterocycles.